The van der Waals surface area contributed by atoms with Gasteiger partial charge in [-0.2, -0.15) is 0 Å². The average Bonchev–Trinajstić information content (AvgIpc) is 3.39. The number of rotatable bonds is 52. The number of carbonyl (C=O) groups excluding carboxylic acids is 3. The standard InChI is InChI=1S/C67H108O6/c1-4-7-10-13-16-19-22-25-28-31-32-33-34-37-39-42-45-48-51-54-57-60-66(69)72-63-64(73-67(70)61-58-55-52-49-46-43-40-36-30-27-24-21-18-15-12-9-6-3)62-71-65(68)59-56-53-50-47-44-41-38-35-29-26-23-20-17-14-11-8-5-2/h7,9-10,12,16,18-19,21,25-30,32-33,37,39-40,43,49,52,64H,4-6,8,11,13-15,17,20,22-24,31,34-36,38,41-42,44-48,50-51,53-63H2,1-3H3/b10-7-,12-9-,19-16-,21-18-,28-25-,29-26-,30-27-,33-32-,39-37-,43-40-,52-49-. The Kier molecular flexibility index (Phi) is 56.4. The maximum absolute atomic E-state index is 12.9. The molecule has 0 aromatic carbocycles. The molecule has 0 aromatic rings. The van der Waals surface area contributed by atoms with Crippen LogP contribution in [0.1, 0.15) is 252 Å². The summed E-state index contributed by atoms with van der Waals surface area (Å²) in [5.41, 5.74) is 0. The Morgan fingerprint density at radius 2 is 0.548 bits per heavy atom. The van der Waals surface area contributed by atoms with Gasteiger partial charge in [0.25, 0.3) is 0 Å². The van der Waals surface area contributed by atoms with Crippen LogP contribution in [0, 0.1) is 0 Å². The van der Waals surface area contributed by atoms with E-state index in [9.17, 15) is 14.4 Å². The molecule has 1 unspecified atom stereocenters. The van der Waals surface area contributed by atoms with Gasteiger partial charge in [0.2, 0.25) is 0 Å². The third kappa shape index (κ3) is 58.3. The summed E-state index contributed by atoms with van der Waals surface area (Å²) in [6, 6.07) is 0. The predicted molar refractivity (Wildman–Crippen MR) is 316 cm³/mol. The molecule has 0 saturated carbocycles. The lowest BCUT2D eigenvalue weighted by molar-refractivity contribution is -0.167. The molecule has 0 rings (SSSR count). The lowest BCUT2D eigenvalue weighted by Gasteiger charge is -2.18. The van der Waals surface area contributed by atoms with Gasteiger partial charge in [0.1, 0.15) is 13.2 Å². The van der Waals surface area contributed by atoms with Gasteiger partial charge in [-0.25, -0.2) is 0 Å². The van der Waals surface area contributed by atoms with Crippen molar-refractivity contribution < 1.29 is 28.6 Å². The normalized spacial score (nSPS) is 13.1. The highest BCUT2D eigenvalue weighted by atomic mass is 16.6. The number of unbranched alkanes of at least 4 members (excludes halogenated alkanes) is 19. The smallest absolute Gasteiger partial charge is 0.306 e. The van der Waals surface area contributed by atoms with Crippen molar-refractivity contribution in [3.8, 4) is 0 Å². The second-order valence-electron chi connectivity index (χ2n) is 19.1. The van der Waals surface area contributed by atoms with E-state index in [1.807, 2.05) is 0 Å². The van der Waals surface area contributed by atoms with E-state index >= 15 is 0 Å². The Hall–Kier alpha value is -4.45. The first-order chi connectivity index (χ1) is 36.0. The molecule has 0 aliphatic rings. The van der Waals surface area contributed by atoms with E-state index in [2.05, 4.69) is 154 Å². The SMILES string of the molecule is CC/C=C\C/C=C\C/C=C\C/C=C\C/C=C\CCCCCCCC(=O)OCC(COC(=O)CCCCCCCCC/C=C\CCCCCCCC)OC(=O)CCC/C=C\C/C=C\C/C=C\C/C=C\C/C=C\CC. The fraction of sp³-hybridized carbons (Fsp3) is 0.627. The molecule has 0 radical (unpaired) electrons. The van der Waals surface area contributed by atoms with Gasteiger partial charge in [0.05, 0.1) is 0 Å². The molecule has 412 valence electrons. The summed E-state index contributed by atoms with van der Waals surface area (Å²) >= 11 is 0. The van der Waals surface area contributed by atoms with Gasteiger partial charge in [0.15, 0.2) is 6.10 Å². The third-order valence-corrected chi connectivity index (χ3v) is 12.1. The fourth-order valence-electron chi connectivity index (χ4n) is 7.73. The van der Waals surface area contributed by atoms with Gasteiger partial charge in [-0.15, -0.1) is 0 Å². The largest absolute Gasteiger partial charge is 0.462 e. The van der Waals surface area contributed by atoms with E-state index in [1.165, 1.54) is 77.0 Å². The minimum Gasteiger partial charge on any atom is -0.462 e. The minimum atomic E-state index is -0.824. The van der Waals surface area contributed by atoms with Crippen molar-refractivity contribution >= 4 is 17.9 Å². The first-order valence-electron chi connectivity index (χ1n) is 29.7. The van der Waals surface area contributed by atoms with Crippen LogP contribution in [0.4, 0.5) is 0 Å². The van der Waals surface area contributed by atoms with Crippen LogP contribution in [0.5, 0.6) is 0 Å². The first kappa shape index (κ1) is 68.6. The van der Waals surface area contributed by atoms with E-state index in [0.29, 0.717) is 19.3 Å². The van der Waals surface area contributed by atoms with Gasteiger partial charge >= 0.3 is 17.9 Å². The van der Waals surface area contributed by atoms with Crippen LogP contribution in [0.25, 0.3) is 0 Å². The zero-order valence-electron chi connectivity index (χ0n) is 47.1. The molecule has 0 aromatic heterocycles. The molecule has 0 aliphatic carbocycles. The van der Waals surface area contributed by atoms with E-state index in [0.717, 1.165) is 128 Å². The molecule has 0 saturated heterocycles. The lowest BCUT2D eigenvalue weighted by atomic mass is 10.1. The van der Waals surface area contributed by atoms with Gasteiger partial charge in [-0.05, 0) is 128 Å². The lowest BCUT2D eigenvalue weighted by Crippen LogP contribution is -2.30. The summed E-state index contributed by atoms with van der Waals surface area (Å²) in [5, 5.41) is 0. The Morgan fingerprint density at radius 3 is 0.890 bits per heavy atom. The van der Waals surface area contributed by atoms with Crippen LogP contribution < -0.4 is 0 Å². The number of allylic oxidation sites excluding steroid dienone is 22. The van der Waals surface area contributed by atoms with Gasteiger partial charge in [-0.3, -0.25) is 14.4 Å². The van der Waals surface area contributed by atoms with Crippen LogP contribution in [0.15, 0.2) is 134 Å². The summed E-state index contributed by atoms with van der Waals surface area (Å²) < 4.78 is 16.8. The zero-order valence-corrected chi connectivity index (χ0v) is 47.1. The number of esters is 3. The van der Waals surface area contributed by atoms with Crippen LogP contribution in [-0.4, -0.2) is 37.2 Å². The molecule has 0 N–H and O–H groups in total. The Morgan fingerprint density at radius 1 is 0.288 bits per heavy atom. The second-order valence-corrected chi connectivity index (χ2v) is 19.1. The van der Waals surface area contributed by atoms with Crippen molar-refractivity contribution in [2.24, 2.45) is 0 Å². The molecule has 0 heterocycles. The summed E-state index contributed by atoms with van der Waals surface area (Å²) in [6.07, 6.45) is 84.4. The molecule has 73 heavy (non-hydrogen) atoms. The Balaban J connectivity index is 4.53. The molecule has 6 heteroatoms. The molecule has 1 atom stereocenters. The monoisotopic (exact) mass is 1010 g/mol. The van der Waals surface area contributed by atoms with Crippen molar-refractivity contribution in [3.05, 3.63) is 134 Å². The molecule has 0 aliphatic heterocycles. The fourth-order valence-corrected chi connectivity index (χ4v) is 7.73. The molecule has 0 bridgehead atoms. The van der Waals surface area contributed by atoms with Gasteiger partial charge in [0, 0.05) is 19.3 Å². The molecular formula is C67H108O6. The third-order valence-electron chi connectivity index (χ3n) is 12.1. The van der Waals surface area contributed by atoms with Gasteiger partial charge < -0.3 is 14.2 Å². The van der Waals surface area contributed by atoms with Crippen molar-refractivity contribution in [2.45, 2.75) is 258 Å². The molecule has 0 fully saturated rings. The average molecular weight is 1010 g/mol. The summed E-state index contributed by atoms with van der Waals surface area (Å²) in [5.74, 6) is -0.998. The minimum absolute atomic E-state index is 0.113. The summed E-state index contributed by atoms with van der Waals surface area (Å²) in [6.45, 7) is 6.34. The number of hydrogen-bond donors (Lipinski definition) is 0. The second kappa shape index (κ2) is 60.1. The molecule has 6 nitrogen and oxygen atoms in total. The van der Waals surface area contributed by atoms with Crippen molar-refractivity contribution in [1.29, 1.82) is 0 Å². The van der Waals surface area contributed by atoms with Gasteiger partial charge in [-0.1, -0.05) is 238 Å². The first-order valence-corrected chi connectivity index (χ1v) is 29.7. The Bertz CT molecular complexity index is 1580. The highest BCUT2D eigenvalue weighted by Crippen LogP contribution is 2.14. The van der Waals surface area contributed by atoms with Crippen LogP contribution >= 0.6 is 0 Å². The predicted octanol–water partition coefficient (Wildman–Crippen LogP) is 20.2. The van der Waals surface area contributed by atoms with Crippen molar-refractivity contribution in [1.82, 2.24) is 0 Å². The van der Waals surface area contributed by atoms with E-state index < -0.39 is 6.10 Å². The Labute approximate surface area is 449 Å². The van der Waals surface area contributed by atoms with E-state index in [1.54, 1.807) is 0 Å². The number of carbonyl (C=O) groups is 3. The maximum atomic E-state index is 12.9. The zero-order chi connectivity index (χ0) is 52.9. The van der Waals surface area contributed by atoms with Crippen LogP contribution in [0.3, 0.4) is 0 Å². The topological polar surface area (TPSA) is 78.9 Å². The van der Waals surface area contributed by atoms with E-state index in [-0.39, 0.29) is 37.5 Å². The molecular weight excluding hydrogens is 901 g/mol. The quantitative estimate of drug-likeness (QED) is 0.0261. The van der Waals surface area contributed by atoms with Crippen molar-refractivity contribution in [3.63, 3.8) is 0 Å². The highest BCUT2D eigenvalue weighted by Gasteiger charge is 2.19. The number of hydrogen-bond acceptors (Lipinski definition) is 6. The van der Waals surface area contributed by atoms with Crippen LogP contribution in [-0.2, 0) is 28.6 Å². The highest BCUT2D eigenvalue weighted by molar-refractivity contribution is 5.71. The maximum Gasteiger partial charge on any atom is 0.306 e. The molecule has 0 spiro atoms. The number of ether oxygens (including phenoxy) is 3. The molecule has 0 amide bonds. The van der Waals surface area contributed by atoms with Crippen LogP contribution in [0.2, 0.25) is 0 Å². The van der Waals surface area contributed by atoms with E-state index in [4.69, 9.17) is 14.2 Å². The van der Waals surface area contributed by atoms with Crippen molar-refractivity contribution in [2.75, 3.05) is 13.2 Å². The summed E-state index contributed by atoms with van der Waals surface area (Å²) in [7, 11) is 0. The summed E-state index contributed by atoms with van der Waals surface area (Å²) in [4.78, 5) is 38.2.